The van der Waals surface area contributed by atoms with Gasteiger partial charge in [0, 0.05) is 67.9 Å². The second-order valence-corrected chi connectivity index (χ2v) is 18.3. The molecule has 0 aliphatic carbocycles. The third-order valence-corrected chi connectivity index (χ3v) is 14.9. The van der Waals surface area contributed by atoms with Crippen molar-refractivity contribution in [2.75, 3.05) is 0 Å². The van der Waals surface area contributed by atoms with Gasteiger partial charge in [0.05, 0.1) is 107 Å². The average Bonchev–Trinajstić information content (AvgIpc) is 4.22. The summed E-state index contributed by atoms with van der Waals surface area (Å²) in [6.07, 6.45) is 15.1. The summed E-state index contributed by atoms with van der Waals surface area (Å²) in [6, 6.07) is 53.4. The van der Waals surface area contributed by atoms with Crippen LogP contribution >= 0.6 is 11.3 Å². The van der Waals surface area contributed by atoms with Gasteiger partial charge in [0.2, 0.25) is 0 Å². The topological polar surface area (TPSA) is 108 Å². The summed E-state index contributed by atoms with van der Waals surface area (Å²) in [5, 5.41) is 21.6. The van der Waals surface area contributed by atoms with Crippen LogP contribution in [-0.4, -0.2) is 43.2 Å². The van der Waals surface area contributed by atoms with E-state index in [0.717, 1.165) is 119 Å². The number of pyridine rings is 4. The zero-order valence-electron chi connectivity index (χ0n) is 36.4. The zero-order chi connectivity index (χ0) is 45.3. The summed E-state index contributed by atoms with van der Waals surface area (Å²) in [5.41, 5.74) is 12.3. The Balaban J connectivity index is 1.33. The number of hydrogen-bond acceptors (Lipinski definition) is 7. The van der Waals surface area contributed by atoms with Crippen molar-refractivity contribution < 1.29 is 0 Å². The highest BCUT2D eigenvalue weighted by Crippen LogP contribution is 2.52. The highest BCUT2D eigenvalue weighted by atomic mass is 32.1. The van der Waals surface area contributed by atoms with E-state index in [4.69, 9.17) is 24.9 Å². The molecule has 9 heterocycles. The van der Waals surface area contributed by atoms with E-state index in [1.807, 2.05) is 55.6 Å². The smallest absolute Gasteiger partial charge is 0.128 e. The van der Waals surface area contributed by atoms with Gasteiger partial charge in [0.1, 0.15) is 16.6 Å². The van der Waals surface area contributed by atoms with Gasteiger partial charge >= 0.3 is 0 Å². The molecule has 0 unspecified atom stereocenters. The molecule has 0 atom stereocenters. The summed E-state index contributed by atoms with van der Waals surface area (Å²) in [4.78, 5) is 24.8. The van der Waals surface area contributed by atoms with Crippen LogP contribution < -0.4 is 0 Å². The Morgan fingerprint density at radius 1 is 0.362 bits per heavy atom. The minimum Gasteiger partial charge on any atom is -0.305 e. The molecule has 0 aliphatic rings. The van der Waals surface area contributed by atoms with Gasteiger partial charge in [0.15, 0.2) is 0 Å². The lowest BCUT2D eigenvalue weighted by Crippen LogP contribution is -2.16. The van der Waals surface area contributed by atoms with Crippen LogP contribution in [0.2, 0.25) is 0 Å². The number of aromatic nitrogens is 9. The SMILES string of the molecule is N#Cc1c(-n2c3ccccc3c3ccncc32)c(-c2nc3ccccc3s2)c(-n2c3ccccc3c3ccncc32)c(-n2c3ccccc3c3ccncc32)c1-n1c2ccccc2c2ccncc21. The Labute approximate surface area is 395 Å². The molecule has 0 saturated carbocycles. The predicted molar refractivity (Wildman–Crippen MR) is 278 cm³/mol. The van der Waals surface area contributed by atoms with Gasteiger partial charge in [-0.05, 0) is 60.7 Å². The van der Waals surface area contributed by atoms with Gasteiger partial charge in [-0.2, -0.15) is 5.26 Å². The largest absolute Gasteiger partial charge is 0.305 e. The van der Waals surface area contributed by atoms with Crippen molar-refractivity contribution in [3.05, 3.63) is 201 Å². The number of hydrogen-bond donors (Lipinski definition) is 0. The van der Waals surface area contributed by atoms with Crippen molar-refractivity contribution >= 4 is 109 Å². The average molecular weight is 901 g/mol. The van der Waals surface area contributed by atoms with E-state index in [-0.39, 0.29) is 0 Å². The van der Waals surface area contributed by atoms with Crippen molar-refractivity contribution in [3.63, 3.8) is 0 Å². The second-order valence-electron chi connectivity index (χ2n) is 17.2. The van der Waals surface area contributed by atoms with Crippen LogP contribution in [0.3, 0.4) is 0 Å². The number of para-hydroxylation sites is 5. The van der Waals surface area contributed by atoms with Gasteiger partial charge < -0.3 is 18.3 Å². The first-order valence-corrected chi connectivity index (χ1v) is 23.4. The molecule has 6 aromatic carbocycles. The summed E-state index contributed by atoms with van der Waals surface area (Å²) in [6.45, 7) is 0. The number of rotatable bonds is 5. The van der Waals surface area contributed by atoms with Gasteiger partial charge in [-0.1, -0.05) is 84.9 Å². The van der Waals surface area contributed by atoms with E-state index in [2.05, 4.69) is 164 Å². The fourth-order valence-electron chi connectivity index (χ4n) is 11.1. The van der Waals surface area contributed by atoms with Crippen LogP contribution in [0, 0.1) is 11.3 Å². The zero-order valence-corrected chi connectivity index (χ0v) is 37.2. The standard InChI is InChI=1S/C58H32N10S/c59-29-42-54(65-44-16-6-1-11-34(44)38-21-25-60-30-48(38)65)53(58-64-43-15-5-10-20-52(43)69-58)56(67-46-18-8-3-13-36(46)40-23-27-62-32-50(40)67)57(68-47-19-9-4-14-37(47)41-24-28-63-33-51(41)68)55(42)66-45-17-7-2-12-35(45)39-22-26-61-31-49(39)66/h1-28,30-33H. The number of nitriles is 1. The Morgan fingerprint density at radius 3 is 1.16 bits per heavy atom. The minimum atomic E-state index is 0.440. The van der Waals surface area contributed by atoms with E-state index in [1.54, 1.807) is 11.3 Å². The van der Waals surface area contributed by atoms with Crippen molar-refractivity contribution in [2.24, 2.45) is 0 Å². The van der Waals surface area contributed by atoms with Crippen LogP contribution in [0.4, 0.5) is 0 Å². The maximum absolute atomic E-state index is 12.5. The van der Waals surface area contributed by atoms with Crippen LogP contribution in [0.25, 0.3) is 131 Å². The fraction of sp³-hybridized carbons (Fsp3) is 0. The van der Waals surface area contributed by atoms with Crippen LogP contribution in [-0.2, 0) is 0 Å². The summed E-state index contributed by atoms with van der Waals surface area (Å²) in [5.74, 6) is 0. The van der Waals surface area contributed by atoms with E-state index in [9.17, 15) is 5.26 Å². The molecule has 320 valence electrons. The van der Waals surface area contributed by atoms with Crippen molar-refractivity contribution in [3.8, 4) is 39.4 Å². The van der Waals surface area contributed by atoms with Crippen LogP contribution in [0.15, 0.2) is 195 Å². The first-order chi connectivity index (χ1) is 34.3. The van der Waals surface area contributed by atoms with Crippen molar-refractivity contribution in [1.29, 1.82) is 5.26 Å². The molecule has 15 aromatic rings. The molecule has 0 amide bonds. The molecule has 0 saturated heterocycles. The van der Waals surface area contributed by atoms with Crippen LogP contribution in [0.5, 0.6) is 0 Å². The van der Waals surface area contributed by atoms with Crippen LogP contribution in [0.1, 0.15) is 5.56 Å². The third-order valence-electron chi connectivity index (χ3n) is 13.8. The molecule has 10 nitrogen and oxygen atoms in total. The number of benzene rings is 6. The molecule has 69 heavy (non-hydrogen) atoms. The molecule has 0 aliphatic heterocycles. The molecule has 0 bridgehead atoms. The predicted octanol–water partition coefficient (Wildman–Crippen LogP) is 13.8. The summed E-state index contributed by atoms with van der Waals surface area (Å²) >= 11 is 1.62. The number of nitrogens with zero attached hydrogens (tertiary/aromatic N) is 10. The van der Waals surface area contributed by atoms with Gasteiger partial charge in [0.25, 0.3) is 0 Å². The third kappa shape index (κ3) is 5.09. The van der Waals surface area contributed by atoms with E-state index in [0.29, 0.717) is 16.9 Å². The van der Waals surface area contributed by atoms with E-state index >= 15 is 0 Å². The lowest BCUT2D eigenvalue weighted by atomic mass is 9.98. The maximum Gasteiger partial charge on any atom is 0.128 e. The monoisotopic (exact) mass is 900 g/mol. The molecule has 15 rings (SSSR count). The number of fused-ring (bicyclic) bond motifs is 13. The molecule has 0 N–H and O–H groups in total. The molecule has 0 spiro atoms. The van der Waals surface area contributed by atoms with Crippen molar-refractivity contribution in [1.82, 2.24) is 43.2 Å². The first-order valence-electron chi connectivity index (χ1n) is 22.6. The summed E-state index contributed by atoms with van der Waals surface area (Å²) in [7, 11) is 0. The quantitative estimate of drug-likeness (QED) is 0.170. The highest BCUT2D eigenvalue weighted by molar-refractivity contribution is 7.21. The Kier molecular flexibility index (Phi) is 7.78. The van der Waals surface area contributed by atoms with Crippen molar-refractivity contribution in [2.45, 2.75) is 0 Å². The molecule has 0 radical (unpaired) electrons. The molecular weight excluding hydrogens is 869 g/mol. The molecule has 0 fully saturated rings. The van der Waals surface area contributed by atoms with Gasteiger partial charge in [-0.3, -0.25) is 19.9 Å². The lowest BCUT2D eigenvalue weighted by Gasteiger charge is -2.28. The number of thiazole rings is 1. The normalized spacial score (nSPS) is 12.0. The summed E-state index contributed by atoms with van der Waals surface area (Å²) < 4.78 is 10.2. The molecular formula is C58H32N10S. The molecule has 9 aromatic heterocycles. The fourth-order valence-corrected chi connectivity index (χ4v) is 12.1. The highest BCUT2D eigenvalue weighted by Gasteiger charge is 2.36. The van der Waals surface area contributed by atoms with E-state index in [1.165, 1.54) is 0 Å². The maximum atomic E-state index is 12.5. The second kappa shape index (κ2) is 14.3. The van der Waals surface area contributed by atoms with Gasteiger partial charge in [-0.25, -0.2) is 4.98 Å². The Hall–Kier alpha value is -9.50. The Bertz CT molecular complexity index is 4470. The van der Waals surface area contributed by atoms with E-state index < -0.39 is 0 Å². The first kappa shape index (κ1) is 37.7. The van der Waals surface area contributed by atoms with Gasteiger partial charge in [-0.15, -0.1) is 11.3 Å². The molecule has 11 heteroatoms. The minimum absolute atomic E-state index is 0.440. The lowest BCUT2D eigenvalue weighted by molar-refractivity contribution is 1.02. The Morgan fingerprint density at radius 2 is 0.725 bits per heavy atom.